The molecule has 0 atom stereocenters. The van der Waals surface area contributed by atoms with Gasteiger partial charge in [0.25, 0.3) is 0 Å². The highest BCUT2D eigenvalue weighted by molar-refractivity contribution is 5.56. The first-order chi connectivity index (χ1) is 10.2. The van der Waals surface area contributed by atoms with Crippen molar-refractivity contribution in [3.05, 3.63) is 30.1 Å². The summed E-state index contributed by atoms with van der Waals surface area (Å²) in [6.07, 6.45) is 4.39. The van der Waals surface area contributed by atoms with Crippen LogP contribution in [0.3, 0.4) is 0 Å². The zero-order valence-corrected chi connectivity index (χ0v) is 13.8. The van der Waals surface area contributed by atoms with Crippen LogP contribution in [0.4, 0.5) is 5.82 Å². The first-order valence-corrected chi connectivity index (χ1v) is 8.12. The number of anilines is 1. The minimum Gasteiger partial charge on any atom is -0.353 e. The Morgan fingerprint density at radius 1 is 1.24 bits per heavy atom. The predicted octanol–water partition coefficient (Wildman–Crippen LogP) is 3.46. The smallest absolute Gasteiger partial charge is 0.152 e. The topological polar surface area (TPSA) is 32.6 Å². The monoisotopic (exact) mass is 288 g/mol. The Morgan fingerprint density at radius 2 is 2.05 bits per heavy atom. The molecule has 1 N–H and O–H groups in total. The van der Waals surface area contributed by atoms with Crippen LogP contribution in [0.15, 0.2) is 24.4 Å². The van der Waals surface area contributed by atoms with Gasteiger partial charge in [0.1, 0.15) is 5.65 Å². The highest BCUT2D eigenvalue weighted by atomic mass is 15.2. The van der Waals surface area contributed by atoms with E-state index in [4.69, 9.17) is 4.98 Å². The molecule has 0 aromatic carbocycles. The molecule has 0 aliphatic rings. The SMILES string of the molecule is CCCNCc1c(N(CCC)C(C)C)nc2ccccn12. The van der Waals surface area contributed by atoms with Gasteiger partial charge in [0.15, 0.2) is 5.82 Å². The number of rotatable bonds is 8. The molecule has 0 aliphatic carbocycles. The van der Waals surface area contributed by atoms with E-state index in [2.05, 4.69) is 66.7 Å². The van der Waals surface area contributed by atoms with E-state index in [1.807, 2.05) is 0 Å². The molecular formula is C17H28N4. The van der Waals surface area contributed by atoms with Crippen molar-refractivity contribution in [3.63, 3.8) is 0 Å². The minimum atomic E-state index is 0.458. The third kappa shape index (κ3) is 3.56. The molecule has 2 aromatic heterocycles. The lowest BCUT2D eigenvalue weighted by Crippen LogP contribution is -2.33. The molecule has 0 bridgehead atoms. The zero-order chi connectivity index (χ0) is 15.2. The van der Waals surface area contributed by atoms with E-state index in [1.165, 1.54) is 5.69 Å². The van der Waals surface area contributed by atoms with Gasteiger partial charge in [-0.3, -0.25) is 0 Å². The van der Waals surface area contributed by atoms with Crippen molar-refractivity contribution in [2.75, 3.05) is 18.0 Å². The number of nitrogens with zero attached hydrogens (tertiary/aromatic N) is 3. The average Bonchev–Trinajstić information content (AvgIpc) is 2.83. The Hall–Kier alpha value is -1.55. The molecule has 2 rings (SSSR count). The van der Waals surface area contributed by atoms with E-state index in [0.717, 1.165) is 43.9 Å². The van der Waals surface area contributed by atoms with Gasteiger partial charge in [-0.1, -0.05) is 19.9 Å². The fourth-order valence-electron chi connectivity index (χ4n) is 2.66. The predicted molar refractivity (Wildman–Crippen MR) is 90.0 cm³/mol. The van der Waals surface area contributed by atoms with Gasteiger partial charge in [-0.2, -0.15) is 0 Å². The Bertz CT molecular complexity index is 559. The zero-order valence-electron chi connectivity index (χ0n) is 13.8. The highest BCUT2D eigenvalue weighted by Gasteiger charge is 2.19. The number of hydrogen-bond acceptors (Lipinski definition) is 3. The van der Waals surface area contributed by atoms with Gasteiger partial charge in [0.05, 0.1) is 5.69 Å². The van der Waals surface area contributed by atoms with E-state index in [1.54, 1.807) is 0 Å². The van der Waals surface area contributed by atoms with Gasteiger partial charge >= 0.3 is 0 Å². The normalized spacial score (nSPS) is 11.5. The van der Waals surface area contributed by atoms with Crippen LogP contribution < -0.4 is 10.2 Å². The minimum absolute atomic E-state index is 0.458. The van der Waals surface area contributed by atoms with Crippen LogP contribution in [-0.4, -0.2) is 28.5 Å². The Labute approximate surface area is 128 Å². The summed E-state index contributed by atoms with van der Waals surface area (Å²) in [5.41, 5.74) is 2.30. The van der Waals surface area contributed by atoms with Crippen molar-refractivity contribution in [2.45, 2.75) is 53.1 Å². The summed E-state index contributed by atoms with van der Waals surface area (Å²) in [5, 5.41) is 3.52. The summed E-state index contributed by atoms with van der Waals surface area (Å²) < 4.78 is 2.21. The third-order valence-corrected chi connectivity index (χ3v) is 3.69. The Balaban J connectivity index is 2.41. The van der Waals surface area contributed by atoms with Crippen molar-refractivity contribution < 1.29 is 0 Å². The number of hydrogen-bond donors (Lipinski definition) is 1. The lowest BCUT2D eigenvalue weighted by molar-refractivity contribution is 0.636. The van der Waals surface area contributed by atoms with Gasteiger partial charge < -0.3 is 14.6 Å². The van der Waals surface area contributed by atoms with Gasteiger partial charge in [0, 0.05) is 25.3 Å². The first-order valence-electron chi connectivity index (χ1n) is 8.12. The van der Waals surface area contributed by atoms with Crippen molar-refractivity contribution in [2.24, 2.45) is 0 Å². The molecule has 2 aromatic rings. The van der Waals surface area contributed by atoms with Gasteiger partial charge in [-0.15, -0.1) is 0 Å². The maximum absolute atomic E-state index is 4.88. The molecule has 0 saturated heterocycles. The number of aromatic nitrogens is 2. The molecule has 0 aliphatic heterocycles. The van der Waals surface area contributed by atoms with E-state index >= 15 is 0 Å². The van der Waals surface area contributed by atoms with Gasteiger partial charge in [-0.05, 0) is 45.4 Å². The molecule has 4 nitrogen and oxygen atoms in total. The molecule has 0 spiro atoms. The van der Waals surface area contributed by atoms with Crippen LogP contribution in [0, 0.1) is 0 Å². The van der Waals surface area contributed by atoms with Crippen LogP contribution in [0.5, 0.6) is 0 Å². The lowest BCUT2D eigenvalue weighted by Gasteiger charge is -2.27. The Morgan fingerprint density at radius 3 is 2.71 bits per heavy atom. The molecule has 21 heavy (non-hydrogen) atoms. The van der Waals surface area contributed by atoms with Crippen LogP contribution in [0.1, 0.15) is 46.2 Å². The molecule has 0 fully saturated rings. The summed E-state index contributed by atoms with van der Waals surface area (Å²) in [6.45, 7) is 11.8. The fraction of sp³-hybridized carbons (Fsp3) is 0.588. The summed E-state index contributed by atoms with van der Waals surface area (Å²) in [4.78, 5) is 7.29. The van der Waals surface area contributed by atoms with Crippen molar-refractivity contribution in [1.29, 1.82) is 0 Å². The second kappa shape index (κ2) is 7.46. The molecule has 0 radical (unpaired) electrons. The number of fused-ring (bicyclic) bond motifs is 1. The molecule has 0 saturated carbocycles. The van der Waals surface area contributed by atoms with Gasteiger partial charge in [0.2, 0.25) is 0 Å². The van der Waals surface area contributed by atoms with E-state index in [0.29, 0.717) is 6.04 Å². The van der Waals surface area contributed by atoms with E-state index < -0.39 is 0 Å². The lowest BCUT2D eigenvalue weighted by atomic mass is 10.2. The molecular weight excluding hydrogens is 260 g/mol. The van der Waals surface area contributed by atoms with Crippen LogP contribution in [0.2, 0.25) is 0 Å². The number of pyridine rings is 1. The summed E-state index contributed by atoms with van der Waals surface area (Å²) in [5.74, 6) is 1.13. The quantitative estimate of drug-likeness (QED) is 0.755. The van der Waals surface area contributed by atoms with Crippen molar-refractivity contribution in [1.82, 2.24) is 14.7 Å². The largest absolute Gasteiger partial charge is 0.353 e. The number of imidazole rings is 1. The molecule has 0 unspecified atom stereocenters. The summed E-state index contributed by atoms with van der Waals surface area (Å²) >= 11 is 0. The van der Waals surface area contributed by atoms with E-state index in [-0.39, 0.29) is 0 Å². The van der Waals surface area contributed by atoms with Crippen LogP contribution in [0.25, 0.3) is 5.65 Å². The van der Waals surface area contributed by atoms with Crippen molar-refractivity contribution >= 4 is 11.5 Å². The summed E-state index contributed by atoms with van der Waals surface area (Å²) in [7, 11) is 0. The highest BCUT2D eigenvalue weighted by Crippen LogP contribution is 2.24. The molecule has 0 amide bonds. The maximum Gasteiger partial charge on any atom is 0.152 e. The summed E-state index contributed by atoms with van der Waals surface area (Å²) in [6, 6.07) is 6.66. The van der Waals surface area contributed by atoms with Crippen molar-refractivity contribution in [3.8, 4) is 0 Å². The first kappa shape index (κ1) is 15.8. The second-order valence-corrected chi connectivity index (χ2v) is 5.77. The molecule has 2 heterocycles. The van der Waals surface area contributed by atoms with E-state index in [9.17, 15) is 0 Å². The third-order valence-electron chi connectivity index (χ3n) is 3.69. The second-order valence-electron chi connectivity index (χ2n) is 5.77. The molecule has 4 heteroatoms. The average molecular weight is 288 g/mol. The number of nitrogens with one attached hydrogen (secondary N) is 1. The fourth-order valence-corrected chi connectivity index (χ4v) is 2.66. The van der Waals surface area contributed by atoms with Crippen LogP contribution in [-0.2, 0) is 6.54 Å². The van der Waals surface area contributed by atoms with Crippen LogP contribution >= 0.6 is 0 Å². The standard InChI is InChI=1S/C17H28N4/c1-5-10-18-13-15-17(20(11-6-2)14(3)4)19-16-9-7-8-12-21(15)16/h7-9,12,14,18H,5-6,10-11,13H2,1-4H3. The van der Waals surface area contributed by atoms with Gasteiger partial charge in [-0.25, -0.2) is 4.98 Å². The maximum atomic E-state index is 4.88. The molecule has 116 valence electrons. The Kier molecular flexibility index (Phi) is 5.62.